The first-order valence-corrected chi connectivity index (χ1v) is 6.37. The van der Waals surface area contributed by atoms with E-state index in [0.717, 1.165) is 23.4 Å². The smallest absolute Gasteiger partial charge is 0.202 e. The van der Waals surface area contributed by atoms with Crippen molar-refractivity contribution in [3.63, 3.8) is 0 Å². The first kappa shape index (κ1) is 10.8. The number of nitrogens with zero attached hydrogens (tertiary/aromatic N) is 2. The molecule has 1 unspecified atom stereocenters. The molecule has 0 bridgehead atoms. The van der Waals surface area contributed by atoms with Crippen molar-refractivity contribution in [1.29, 1.82) is 0 Å². The van der Waals surface area contributed by atoms with Crippen molar-refractivity contribution in [3.05, 3.63) is 5.82 Å². The van der Waals surface area contributed by atoms with E-state index >= 15 is 0 Å². The summed E-state index contributed by atoms with van der Waals surface area (Å²) in [5.74, 6) is 1.70. The average Bonchev–Trinajstić information content (AvgIpc) is 2.66. The summed E-state index contributed by atoms with van der Waals surface area (Å²) >= 11 is 1.45. The Morgan fingerprint density at radius 3 is 3.20 bits per heavy atom. The molecule has 0 aliphatic carbocycles. The van der Waals surface area contributed by atoms with E-state index in [1.807, 2.05) is 6.92 Å². The van der Waals surface area contributed by atoms with Crippen LogP contribution in [0.5, 0.6) is 0 Å². The second kappa shape index (κ2) is 5.42. The van der Waals surface area contributed by atoms with Crippen LogP contribution in [0, 0.1) is 12.8 Å². The molecule has 1 aromatic rings. The zero-order valence-electron chi connectivity index (χ0n) is 9.12. The molecule has 2 heterocycles. The van der Waals surface area contributed by atoms with Crippen molar-refractivity contribution in [1.82, 2.24) is 14.7 Å². The van der Waals surface area contributed by atoms with Gasteiger partial charge >= 0.3 is 0 Å². The molecular weight excluding hydrogens is 208 g/mol. The van der Waals surface area contributed by atoms with Gasteiger partial charge in [0.15, 0.2) is 0 Å². The van der Waals surface area contributed by atoms with Crippen molar-refractivity contribution in [2.24, 2.45) is 5.92 Å². The van der Waals surface area contributed by atoms with Gasteiger partial charge in [-0.1, -0.05) is 0 Å². The van der Waals surface area contributed by atoms with Gasteiger partial charge in [0.05, 0.1) is 0 Å². The molecule has 0 saturated carbocycles. The van der Waals surface area contributed by atoms with Crippen molar-refractivity contribution in [3.8, 4) is 0 Å². The Bertz CT molecular complexity index is 293. The van der Waals surface area contributed by atoms with E-state index in [-0.39, 0.29) is 0 Å². The molecule has 1 saturated heterocycles. The van der Waals surface area contributed by atoms with Gasteiger partial charge in [-0.15, -0.1) is 0 Å². The molecule has 2 rings (SSSR count). The zero-order chi connectivity index (χ0) is 10.5. The first-order valence-electron chi connectivity index (χ1n) is 5.59. The largest absolute Gasteiger partial charge is 0.360 e. The molecule has 15 heavy (non-hydrogen) atoms. The minimum absolute atomic E-state index is 0.834. The SMILES string of the molecule is Cc1nsc(NCCC2CCCNC2)n1. The summed E-state index contributed by atoms with van der Waals surface area (Å²) in [5.41, 5.74) is 0. The van der Waals surface area contributed by atoms with Gasteiger partial charge in [0.25, 0.3) is 0 Å². The lowest BCUT2D eigenvalue weighted by molar-refractivity contribution is 0.364. The summed E-state index contributed by atoms with van der Waals surface area (Å²) in [6.07, 6.45) is 3.91. The van der Waals surface area contributed by atoms with Crippen LogP contribution in [-0.4, -0.2) is 29.0 Å². The van der Waals surface area contributed by atoms with E-state index in [1.165, 1.54) is 43.9 Å². The minimum atomic E-state index is 0.834. The fraction of sp³-hybridized carbons (Fsp3) is 0.800. The highest BCUT2D eigenvalue weighted by atomic mass is 32.1. The summed E-state index contributed by atoms with van der Waals surface area (Å²) in [7, 11) is 0. The zero-order valence-corrected chi connectivity index (χ0v) is 9.94. The van der Waals surface area contributed by atoms with Crippen LogP contribution in [0.2, 0.25) is 0 Å². The maximum Gasteiger partial charge on any atom is 0.202 e. The van der Waals surface area contributed by atoms with Crippen LogP contribution < -0.4 is 10.6 Å². The Balaban J connectivity index is 1.65. The maximum absolute atomic E-state index is 4.27. The maximum atomic E-state index is 4.27. The van der Waals surface area contributed by atoms with E-state index in [4.69, 9.17) is 0 Å². The summed E-state index contributed by atoms with van der Waals surface area (Å²) in [4.78, 5) is 4.27. The number of piperidine rings is 1. The van der Waals surface area contributed by atoms with Gasteiger partial charge in [-0.05, 0) is 45.2 Å². The first-order chi connectivity index (χ1) is 7.34. The molecule has 0 radical (unpaired) electrons. The molecule has 1 fully saturated rings. The van der Waals surface area contributed by atoms with Crippen LogP contribution in [0.3, 0.4) is 0 Å². The molecule has 1 atom stereocenters. The lowest BCUT2D eigenvalue weighted by atomic mass is 9.96. The standard InChI is InChI=1S/C10H18N4S/c1-8-13-10(15-14-8)12-6-4-9-3-2-5-11-7-9/h9,11H,2-7H2,1H3,(H,12,13,14). The predicted octanol–water partition coefficient (Wildman–Crippen LogP) is 1.65. The third-order valence-corrected chi connectivity index (χ3v) is 3.52. The number of hydrogen-bond acceptors (Lipinski definition) is 5. The number of rotatable bonds is 4. The third-order valence-electron chi connectivity index (χ3n) is 2.76. The Morgan fingerprint density at radius 2 is 2.53 bits per heavy atom. The van der Waals surface area contributed by atoms with Crippen LogP contribution in [0.25, 0.3) is 0 Å². The second-order valence-corrected chi connectivity index (χ2v) is 4.83. The molecule has 2 N–H and O–H groups in total. The Kier molecular flexibility index (Phi) is 3.91. The van der Waals surface area contributed by atoms with Crippen molar-refractivity contribution in [2.45, 2.75) is 26.2 Å². The van der Waals surface area contributed by atoms with Crippen molar-refractivity contribution < 1.29 is 0 Å². The molecule has 84 valence electrons. The molecule has 0 spiro atoms. The van der Waals surface area contributed by atoms with Crippen molar-refractivity contribution in [2.75, 3.05) is 25.0 Å². The van der Waals surface area contributed by atoms with Gasteiger partial charge in [0, 0.05) is 18.1 Å². The quantitative estimate of drug-likeness (QED) is 0.819. The minimum Gasteiger partial charge on any atom is -0.360 e. The Morgan fingerprint density at radius 1 is 1.60 bits per heavy atom. The lowest BCUT2D eigenvalue weighted by Crippen LogP contribution is -2.30. The average molecular weight is 226 g/mol. The van der Waals surface area contributed by atoms with Gasteiger partial charge < -0.3 is 10.6 Å². The fourth-order valence-electron chi connectivity index (χ4n) is 1.92. The normalized spacial score (nSPS) is 21.5. The highest BCUT2D eigenvalue weighted by Gasteiger charge is 2.12. The van der Waals surface area contributed by atoms with Gasteiger partial charge in [-0.3, -0.25) is 0 Å². The fourth-order valence-corrected chi connectivity index (χ4v) is 2.52. The summed E-state index contributed by atoms with van der Waals surface area (Å²) < 4.78 is 4.14. The summed E-state index contributed by atoms with van der Waals surface area (Å²) in [6.45, 7) is 5.31. The lowest BCUT2D eigenvalue weighted by Gasteiger charge is -2.22. The van der Waals surface area contributed by atoms with Crippen LogP contribution in [-0.2, 0) is 0 Å². The number of nitrogens with one attached hydrogen (secondary N) is 2. The number of hydrogen-bond donors (Lipinski definition) is 2. The molecule has 1 aliphatic rings. The Hall–Kier alpha value is -0.680. The molecule has 0 amide bonds. The molecule has 0 aromatic carbocycles. The monoisotopic (exact) mass is 226 g/mol. The van der Waals surface area contributed by atoms with E-state index in [2.05, 4.69) is 20.0 Å². The summed E-state index contributed by atoms with van der Waals surface area (Å²) in [5, 5.41) is 7.72. The van der Waals surface area contributed by atoms with Gasteiger partial charge in [-0.25, -0.2) is 4.98 Å². The van der Waals surface area contributed by atoms with Crippen molar-refractivity contribution >= 4 is 16.7 Å². The van der Waals surface area contributed by atoms with E-state index in [1.54, 1.807) is 0 Å². The van der Waals surface area contributed by atoms with Crippen LogP contribution in [0.4, 0.5) is 5.13 Å². The predicted molar refractivity (Wildman–Crippen MR) is 63.3 cm³/mol. The highest BCUT2D eigenvalue weighted by Crippen LogP contribution is 2.15. The van der Waals surface area contributed by atoms with Crippen LogP contribution >= 0.6 is 11.5 Å². The van der Waals surface area contributed by atoms with Crippen LogP contribution in [0.1, 0.15) is 25.1 Å². The third kappa shape index (κ3) is 3.43. The van der Waals surface area contributed by atoms with E-state index in [9.17, 15) is 0 Å². The molecule has 1 aromatic heterocycles. The molecular formula is C10H18N4S. The van der Waals surface area contributed by atoms with Crippen LogP contribution in [0.15, 0.2) is 0 Å². The molecule has 1 aliphatic heterocycles. The summed E-state index contributed by atoms with van der Waals surface area (Å²) in [6, 6.07) is 0. The molecule has 4 nitrogen and oxygen atoms in total. The molecule has 5 heteroatoms. The number of aromatic nitrogens is 2. The Labute approximate surface area is 94.7 Å². The number of aryl methyl sites for hydroxylation is 1. The van der Waals surface area contributed by atoms with Gasteiger partial charge in [0.1, 0.15) is 5.82 Å². The number of anilines is 1. The second-order valence-electron chi connectivity index (χ2n) is 4.07. The van der Waals surface area contributed by atoms with E-state index < -0.39 is 0 Å². The van der Waals surface area contributed by atoms with E-state index in [0.29, 0.717) is 0 Å². The van der Waals surface area contributed by atoms with Gasteiger partial charge in [0.2, 0.25) is 5.13 Å². The topological polar surface area (TPSA) is 49.8 Å². The van der Waals surface area contributed by atoms with Gasteiger partial charge in [-0.2, -0.15) is 4.37 Å². The highest BCUT2D eigenvalue weighted by molar-refractivity contribution is 7.09.